The summed E-state index contributed by atoms with van der Waals surface area (Å²) in [4.78, 5) is 6.59. The first kappa shape index (κ1) is 21.9. The van der Waals surface area contributed by atoms with Crippen LogP contribution in [0.25, 0.3) is 0 Å². The number of hydrogen-bond donors (Lipinski definition) is 2. The summed E-state index contributed by atoms with van der Waals surface area (Å²) in [6.07, 6.45) is 0.732. The first-order valence-electron chi connectivity index (χ1n) is 7.53. The predicted octanol–water partition coefficient (Wildman–Crippen LogP) is 1.63. The quantitative estimate of drug-likeness (QED) is 0.282. The Bertz CT molecular complexity index is 489. The Morgan fingerprint density at radius 2 is 1.82 bits per heavy atom. The zero-order chi connectivity index (χ0) is 16.3. The van der Waals surface area contributed by atoms with Crippen molar-refractivity contribution >= 4 is 40.0 Å². The molecule has 6 nitrogen and oxygen atoms in total. The molecule has 0 aliphatic carbocycles. The van der Waals surface area contributed by atoms with Crippen LogP contribution in [0.2, 0.25) is 0 Å². The third kappa shape index (κ3) is 4.95. The van der Waals surface area contributed by atoms with Crippen molar-refractivity contribution in [3.8, 4) is 0 Å². The van der Waals surface area contributed by atoms with Gasteiger partial charge in [-0.2, -0.15) is 0 Å². The average molecular weight is 446 g/mol. The minimum atomic E-state index is -3.09. The predicted molar refractivity (Wildman–Crippen MR) is 103 cm³/mol. The van der Waals surface area contributed by atoms with Gasteiger partial charge in [0.1, 0.15) is 0 Å². The molecule has 1 aliphatic heterocycles. The normalized spacial score (nSPS) is 20.1. The van der Waals surface area contributed by atoms with E-state index in [2.05, 4.69) is 47.6 Å². The Morgan fingerprint density at radius 1 is 1.23 bits per heavy atom. The monoisotopic (exact) mass is 446 g/mol. The van der Waals surface area contributed by atoms with E-state index in [0.29, 0.717) is 13.1 Å². The van der Waals surface area contributed by atoms with Gasteiger partial charge < -0.3 is 10.2 Å². The van der Waals surface area contributed by atoms with Crippen LogP contribution in [0.3, 0.4) is 0 Å². The van der Waals surface area contributed by atoms with E-state index in [-0.39, 0.29) is 40.7 Å². The maximum atomic E-state index is 11.3. The smallest absolute Gasteiger partial charge is 0.211 e. The van der Waals surface area contributed by atoms with Gasteiger partial charge in [-0.15, -0.1) is 24.0 Å². The number of guanidine groups is 1. The van der Waals surface area contributed by atoms with E-state index in [0.717, 1.165) is 18.9 Å². The first-order chi connectivity index (χ1) is 9.57. The highest BCUT2D eigenvalue weighted by Crippen LogP contribution is 2.46. The second-order valence-corrected chi connectivity index (χ2v) is 8.75. The molecule has 0 spiro atoms. The Hall–Kier alpha value is -0.0900. The van der Waals surface area contributed by atoms with Crippen LogP contribution in [0.1, 0.15) is 41.0 Å². The molecular weight excluding hydrogens is 415 g/mol. The van der Waals surface area contributed by atoms with Gasteiger partial charge in [-0.25, -0.2) is 13.1 Å². The lowest BCUT2D eigenvalue weighted by atomic mass is 9.65. The number of halogens is 1. The van der Waals surface area contributed by atoms with Crippen molar-refractivity contribution in [3.63, 3.8) is 0 Å². The molecule has 0 aromatic heterocycles. The van der Waals surface area contributed by atoms with E-state index in [9.17, 15) is 8.42 Å². The fourth-order valence-corrected chi connectivity index (χ4v) is 2.97. The van der Waals surface area contributed by atoms with Crippen LogP contribution in [0.15, 0.2) is 4.99 Å². The summed E-state index contributed by atoms with van der Waals surface area (Å²) in [5, 5.41) is 3.31. The minimum Gasteiger partial charge on any atom is -0.356 e. The molecule has 0 atom stereocenters. The number of aliphatic imine (C=N–C) groups is 1. The van der Waals surface area contributed by atoms with Crippen LogP contribution in [-0.4, -0.2) is 57.3 Å². The number of rotatable bonds is 6. The molecule has 132 valence electrons. The molecule has 0 radical (unpaired) electrons. The minimum absolute atomic E-state index is 0. The highest BCUT2D eigenvalue weighted by atomic mass is 127. The molecule has 0 aromatic rings. The van der Waals surface area contributed by atoms with Gasteiger partial charge in [0, 0.05) is 37.6 Å². The number of nitrogens with one attached hydrogen (secondary N) is 2. The zero-order valence-electron chi connectivity index (χ0n) is 14.6. The van der Waals surface area contributed by atoms with Gasteiger partial charge >= 0.3 is 0 Å². The molecule has 1 heterocycles. The van der Waals surface area contributed by atoms with Crippen LogP contribution in [0.4, 0.5) is 0 Å². The van der Waals surface area contributed by atoms with Gasteiger partial charge in [-0.05, 0) is 27.2 Å². The van der Waals surface area contributed by atoms with Gasteiger partial charge in [-0.3, -0.25) is 4.99 Å². The average Bonchev–Trinajstić information content (AvgIpc) is 2.41. The van der Waals surface area contributed by atoms with Crippen molar-refractivity contribution < 1.29 is 8.42 Å². The molecular formula is C14H31IN4O2S. The fourth-order valence-electron chi connectivity index (χ4n) is 2.31. The second kappa shape index (κ2) is 8.14. The Balaban J connectivity index is 0.00000441. The first-order valence-corrected chi connectivity index (χ1v) is 9.18. The molecule has 1 fully saturated rings. The van der Waals surface area contributed by atoms with Crippen molar-refractivity contribution in [2.24, 2.45) is 10.4 Å². The SMILES string of the molecule is CCS(=O)(=O)NCCCNC(=NC)N1CC(C)(C)C1(C)C.I. The molecule has 0 bridgehead atoms. The van der Waals surface area contributed by atoms with Crippen molar-refractivity contribution in [2.75, 3.05) is 32.4 Å². The lowest BCUT2D eigenvalue weighted by Gasteiger charge is -2.62. The maximum Gasteiger partial charge on any atom is 0.211 e. The van der Waals surface area contributed by atoms with E-state index in [4.69, 9.17) is 0 Å². The Morgan fingerprint density at radius 3 is 2.23 bits per heavy atom. The van der Waals surface area contributed by atoms with Crippen molar-refractivity contribution in [1.82, 2.24) is 14.9 Å². The van der Waals surface area contributed by atoms with Gasteiger partial charge in [-0.1, -0.05) is 13.8 Å². The topological polar surface area (TPSA) is 73.8 Å². The van der Waals surface area contributed by atoms with Crippen LogP contribution in [0.5, 0.6) is 0 Å². The van der Waals surface area contributed by atoms with Crippen LogP contribution in [-0.2, 0) is 10.0 Å². The van der Waals surface area contributed by atoms with Gasteiger partial charge in [0.15, 0.2) is 5.96 Å². The van der Waals surface area contributed by atoms with Crippen molar-refractivity contribution in [2.45, 2.75) is 46.6 Å². The maximum absolute atomic E-state index is 11.3. The summed E-state index contributed by atoms with van der Waals surface area (Å²) in [5.41, 5.74) is 0.333. The Kier molecular flexibility index (Phi) is 8.11. The third-order valence-corrected chi connectivity index (χ3v) is 6.09. The summed E-state index contributed by atoms with van der Waals surface area (Å²) >= 11 is 0. The summed E-state index contributed by atoms with van der Waals surface area (Å²) in [7, 11) is -1.31. The van der Waals surface area contributed by atoms with Gasteiger partial charge in [0.2, 0.25) is 10.0 Å². The molecule has 1 saturated heterocycles. The molecule has 0 unspecified atom stereocenters. The van der Waals surface area contributed by atoms with E-state index in [1.165, 1.54) is 0 Å². The molecule has 8 heteroatoms. The molecule has 0 amide bonds. The molecule has 1 rings (SSSR count). The number of hydrogen-bond acceptors (Lipinski definition) is 3. The van der Waals surface area contributed by atoms with Crippen molar-refractivity contribution in [3.05, 3.63) is 0 Å². The molecule has 2 N–H and O–H groups in total. The summed E-state index contributed by atoms with van der Waals surface area (Å²) < 4.78 is 25.2. The van der Waals surface area contributed by atoms with Gasteiger partial charge in [0.25, 0.3) is 0 Å². The van der Waals surface area contributed by atoms with E-state index >= 15 is 0 Å². The van der Waals surface area contributed by atoms with E-state index in [1.807, 2.05) is 0 Å². The highest BCUT2D eigenvalue weighted by Gasteiger charge is 2.53. The molecule has 1 aliphatic rings. The standard InChI is InChI=1S/C14H30N4O2S.HI/c1-7-21(19,20)17-10-8-9-16-12(15-6)18-11-13(2,3)14(18,4)5;/h17H,7-11H2,1-6H3,(H,15,16);1H. The number of likely N-dealkylation sites (tertiary alicyclic amines) is 1. The summed E-state index contributed by atoms with van der Waals surface area (Å²) in [6, 6.07) is 0. The van der Waals surface area contributed by atoms with Crippen LogP contribution < -0.4 is 10.0 Å². The van der Waals surface area contributed by atoms with Crippen molar-refractivity contribution in [1.29, 1.82) is 0 Å². The molecule has 0 aromatic carbocycles. The molecule has 22 heavy (non-hydrogen) atoms. The summed E-state index contributed by atoms with van der Waals surface area (Å²) in [6.45, 7) is 12.7. The van der Waals surface area contributed by atoms with Crippen LogP contribution in [0, 0.1) is 5.41 Å². The second-order valence-electron chi connectivity index (χ2n) is 6.65. The summed E-state index contributed by atoms with van der Waals surface area (Å²) in [5.74, 6) is 1.01. The Labute approximate surface area is 152 Å². The van der Waals surface area contributed by atoms with E-state index < -0.39 is 10.0 Å². The van der Waals surface area contributed by atoms with Crippen LogP contribution >= 0.6 is 24.0 Å². The zero-order valence-corrected chi connectivity index (χ0v) is 17.7. The number of nitrogens with zero attached hydrogens (tertiary/aromatic N) is 2. The largest absolute Gasteiger partial charge is 0.356 e. The molecule has 0 saturated carbocycles. The fraction of sp³-hybridized carbons (Fsp3) is 0.929. The highest BCUT2D eigenvalue weighted by molar-refractivity contribution is 14.0. The number of sulfonamides is 1. The third-order valence-electron chi connectivity index (χ3n) is 4.69. The van der Waals surface area contributed by atoms with Gasteiger partial charge in [0.05, 0.1) is 5.75 Å². The lowest BCUT2D eigenvalue weighted by Crippen LogP contribution is -2.72. The lowest BCUT2D eigenvalue weighted by molar-refractivity contribution is -0.0667. The van der Waals surface area contributed by atoms with E-state index in [1.54, 1.807) is 14.0 Å².